The van der Waals surface area contributed by atoms with Gasteiger partial charge in [-0.25, -0.2) is 0 Å². The van der Waals surface area contributed by atoms with Gasteiger partial charge in [0.05, 0.1) is 0 Å². The van der Waals surface area contributed by atoms with Crippen molar-refractivity contribution in [3.8, 4) is 0 Å². The summed E-state index contributed by atoms with van der Waals surface area (Å²) in [5.41, 5.74) is 5.30. The van der Waals surface area contributed by atoms with Crippen molar-refractivity contribution >= 4 is 0 Å². The van der Waals surface area contributed by atoms with Gasteiger partial charge in [0, 0.05) is 0 Å². The van der Waals surface area contributed by atoms with Crippen LogP contribution in [0.25, 0.3) is 0 Å². The van der Waals surface area contributed by atoms with Crippen LogP contribution in [0.5, 0.6) is 0 Å². The van der Waals surface area contributed by atoms with Crippen molar-refractivity contribution in [2.75, 3.05) is 0 Å². The van der Waals surface area contributed by atoms with E-state index in [2.05, 4.69) is 25.6 Å². The molecule has 0 saturated heterocycles. The Morgan fingerprint density at radius 2 is 1.64 bits per heavy atom. The molecule has 76 valence electrons. The molecule has 0 bridgehead atoms. The molecule has 1 atom stereocenters. The van der Waals surface area contributed by atoms with Gasteiger partial charge < -0.3 is 5.11 Å². The molecule has 14 heavy (non-hydrogen) atoms. The Morgan fingerprint density at radius 3 is 2.00 bits per heavy atom. The van der Waals surface area contributed by atoms with Crippen molar-refractivity contribution in [1.29, 1.82) is 0 Å². The van der Waals surface area contributed by atoms with Gasteiger partial charge in [-0.3, -0.25) is 0 Å². The van der Waals surface area contributed by atoms with Crippen LogP contribution in [0, 0.1) is 20.8 Å². The standard InChI is InChI=1S/C13H18O/c1-8(2)13(14)12-10(4)6-9(3)7-11(12)5/h6-7,13-14H,1H2,2-5H3. The molecule has 1 aromatic carbocycles. The van der Waals surface area contributed by atoms with Gasteiger partial charge in [-0.15, -0.1) is 0 Å². The van der Waals surface area contributed by atoms with Gasteiger partial charge in [0.25, 0.3) is 0 Å². The van der Waals surface area contributed by atoms with Crippen molar-refractivity contribution in [2.24, 2.45) is 0 Å². The van der Waals surface area contributed by atoms with Crippen LogP contribution in [0.4, 0.5) is 0 Å². The van der Waals surface area contributed by atoms with Crippen LogP contribution in [-0.2, 0) is 0 Å². The van der Waals surface area contributed by atoms with E-state index < -0.39 is 6.10 Å². The Balaban J connectivity index is 3.27. The third kappa shape index (κ3) is 2.05. The zero-order chi connectivity index (χ0) is 10.9. The first-order valence-electron chi connectivity index (χ1n) is 4.84. The number of aliphatic hydroxyl groups is 1. The van der Waals surface area contributed by atoms with E-state index in [1.165, 1.54) is 5.56 Å². The molecule has 1 rings (SSSR count). The normalized spacial score (nSPS) is 12.6. The Kier molecular flexibility index (Phi) is 3.12. The van der Waals surface area contributed by atoms with E-state index in [1.54, 1.807) is 0 Å². The molecule has 0 aromatic heterocycles. The smallest absolute Gasteiger partial charge is 0.100 e. The summed E-state index contributed by atoms with van der Waals surface area (Å²) in [5, 5.41) is 9.95. The molecule has 1 aromatic rings. The van der Waals surface area contributed by atoms with E-state index in [0.717, 1.165) is 22.3 Å². The molecule has 1 unspecified atom stereocenters. The van der Waals surface area contributed by atoms with Crippen molar-refractivity contribution in [3.63, 3.8) is 0 Å². The number of rotatable bonds is 2. The van der Waals surface area contributed by atoms with E-state index in [-0.39, 0.29) is 0 Å². The fourth-order valence-corrected chi connectivity index (χ4v) is 1.87. The van der Waals surface area contributed by atoms with Crippen LogP contribution in [0.15, 0.2) is 24.3 Å². The lowest BCUT2D eigenvalue weighted by molar-refractivity contribution is 0.214. The van der Waals surface area contributed by atoms with Gasteiger partial charge in [0.1, 0.15) is 6.10 Å². The fraction of sp³-hybridized carbons (Fsp3) is 0.385. The Morgan fingerprint density at radius 1 is 1.21 bits per heavy atom. The lowest BCUT2D eigenvalue weighted by Gasteiger charge is -2.17. The van der Waals surface area contributed by atoms with Gasteiger partial charge in [-0.05, 0) is 50.0 Å². The minimum absolute atomic E-state index is 0.532. The number of benzene rings is 1. The maximum atomic E-state index is 9.95. The summed E-state index contributed by atoms with van der Waals surface area (Å²) in [6.45, 7) is 11.8. The maximum Gasteiger partial charge on any atom is 0.100 e. The zero-order valence-corrected chi connectivity index (χ0v) is 9.39. The van der Waals surface area contributed by atoms with Gasteiger partial charge in [-0.2, -0.15) is 0 Å². The second kappa shape index (κ2) is 3.97. The molecule has 0 fully saturated rings. The van der Waals surface area contributed by atoms with Crippen LogP contribution in [0.2, 0.25) is 0 Å². The third-order valence-electron chi connectivity index (χ3n) is 2.48. The van der Waals surface area contributed by atoms with Crippen LogP contribution in [-0.4, -0.2) is 5.11 Å². The molecule has 0 amide bonds. The largest absolute Gasteiger partial charge is 0.384 e. The predicted octanol–water partition coefficient (Wildman–Crippen LogP) is 3.22. The predicted molar refractivity (Wildman–Crippen MR) is 60.4 cm³/mol. The van der Waals surface area contributed by atoms with Crippen molar-refractivity contribution < 1.29 is 5.11 Å². The van der Waals surface area contributed by atoms with Crippen LogP contribution >= 0.6 is 0 Å². The second-order valence-corrected chi connectivity index (χ2v) is 4.06. The van der Waals surface area contributed by atoms with Gasteiger partial charge in [0.15, 0.2) is 0 Å². The molecule has 0 spiro atoms. The lowest BCUT2D eigenvalue weighted by atomic mass is 9.93. The van der Waals surface area contributed by atoms with Gasteiger partial charge >= 0.3 is 0 Å². The molecule has 1 N–H and O–H groups in total. The first-order valence-corrected chi connectivity index (χ1v) is 4.84. The summed E-state index contributed by atoms with van der Waals surface area (Å²) >= 11 is 0. The van der Waals surface area contributed by atoms with Crippen molar-refractivity contribution in [1.82, 2.24) is 0 Å². The van der Waals surface area contributed by atoms with Crippen LogP contribution in [0.1, 0.15) is 35.3 Å². The Bertz CT molecular complexity index is 340. The molecular formula is C13H18O. The average molecular weight is 190 g/mol. The highest BCUT2D eigenvalue weighted by molar-refractivity contribution is 5.41. The summed E-state index contributed by atoms with van der Waals surface area (Å²) in [4.78, 5) is 0. The summed E-state index contributed by atoms with van der Waals surface area (Å²) in [5.74, 6) is 0. The number of hydrogen-bond acceptors (Lipinski definition) is 1. The molecule has 0 saturated carbocycles. The monoisotopic (exact) mass is 190 g/mol. The highest BCUT2D eigenvalue weighted by atomic mass is 16.3. The van der Waals surface area contributed by atoms with Crippen molar-refractivity contribution in [2.45, 2.75) is 33.8 Å². The molecule has 0 aliphatic carbocycles. The average Bonchev–Trinajstić information content (AvgIpc) is 2.01. The summed E-state index contributed by atoms with van der Waals surface area (Å²) in [6.07, 6.45) is -0.532. The number of hydrogen-bond donors (Lipinski definition) is 1. The van der Waals surface area contributed by atoms with E-state index in [1.807, 2.05) is 20.8 Å². The van der Waals surface area contributed by atoms with Crippen molar-refractivity contribution in [3.05, 3.63) is 46.5 Å². The highest BCUT2D eigenvalue weighted by Gasteiger charge is 2.13. The Labute approximate surface area is 86.1 Å². The zero-order valence-electron chi connectivity index (χ0n) is 9.39. The van der Waals surface area contributed by atoms with E-state index in [4.69, 9.17) is 0 Å². The number of aryl methyl sites for hydroxylation is 3. The maximum absolute atomic E-state index is 9.95. The molecule has 0 aliphatic heterocycles. The van der Waals surface area contributed by atoms with E-state index >= 15 is 0 Å². The fourth-order valence-electron chi connectivity index (χ4n) is 1.87. The van der Waals surface area contributed by atoms with Gasteiger partial charge in [0.2, 0.25) is 0 Å². The lowest BCUT2D eigenvalue weighted by Crippen LogP contribution is -2.04. The molecular weight excluding hydrogens is 172 g/mol. The summed E-state index contributed by atoms with van der Waals surface area (Å²) in [7, 11) is 0. The third-order valence-corrected chi connectivity index (χ3v) is 2.48. The topological polar surface area (TPSA) is 20.2 Å². The minimum atomic E-state index is -0.532. The first kappa shape index (κ1) is 11.0. The first-order chi connectivity index (χ1) is 6.43. The van der Waals surface area contributed by atoms with Crippen LogP contribution < -0.4 is 0 Å². The molecule has 0 heterocycles. The quantitative estimate of drug-likeness (QED) is 0.710. The summed E-state index contributed by atoms with van der Waals surface area (Å²) < 4.78 is 0. The molecule has 1 heteroatoms. The van der Waals surface area contributed by atoms with Gasteiger partial charge in [-0.1, -0.05) is 24.3 Å². The molecule has 1 nitrogen and oxygen atoms in total. The second-order valence-electron chi connectivity index (χ2n) is 4.06. The Hall–Kier alpha value is -1.08. The number of aliphatic hydroxyl groups excluding tert-OH is 1. The van der Waals surface area contributed by atoms with Crippen LogP contribution in [0.3, 0.4) is 0 Å². The van der Waals surface area contributed by atoms with E-state index in [9.17, 15) is 5.11 Å². The molecule has 0 radical (unpaired) electrons. The molecule has 0 aliphatic rings. The summed E-state index contributed by atoms with van der Waals surface area (Å²) in [6, 6.07) is 4.18. The van der Waals surface area contributed by atoms with E-state index in [0.29, 0.717) is 0 Å². The highest BCUT2D eigenvalue weighted by Crippen LogP contribution is 2.27. The SMILES string of the molecule is C=C(C)C(O)c1c(C)cc(C)cc1C. The minimum Gasteiger partial charge on any atom is -0.384 e.